The van der Waals surface area contributed by atoms with Crippen molar-refractivity contribution in [3.8, 4) is 0 Å². The molecule has 0 bridgehead atoms. The number of nitrogens with zero attached hydrogens (tertiary/aromatic N) is 2. The number of ether oxygens (including phenoxy) is 2. The van der Waals surface area contributed by atoms with E-state index in [-0.39, 0.29) is 31.5 Å². The lowest BCUT2D eigenvalue weighted by atomic mass is 9.75. The van der Waals surface area contributed by atoms with Gasteiger partial charge in [0.1, 0.15) is 5.60 Å². The molecule has 2 unspecified atom stereocenters. The molecule has 0 radical (unpaired) electrons. The summed E-state index contributed by atoms with van der Waals surface area (Å²) in [6.45, 7) is 8.45. The van der Waals surface area contributed by atoms with E-state index < -0.39 is 23.1 Å². The van der Waals surface area contributed by atoms with Crippen LogP contribution < -0.4 is 0 Å². The molecule has 2 aliphatic rings. The lowest BCUT2D eigenvalue weighted by Crippen LogP contribution is -2.60. The van der Waals surface area contributed by atoms with Gasteiger partial charge >= 0.3 is 12.1 Å². The van der Waals surface area contributed by atoms with Crippen LogP contribution in [0.15, 0.2) is 30.3 Å². The Labute approximate surface area is 171 Å². The van der Waals surface area contributed by atoms with Crippen LogP contribution in [0.4, 0.5) is 4.79 Å². The van der Waals surface area contributed by atoms with Gasteiger partial charge in [0.2, 0.25) is 0 Å². The molecule has 7 nitrogen and oxygen atoms in total. The van der Waals surface area contributed by atoms with E-state index in [1.165, 1.54) is 4.90 Å². The first-order chi connectivity index (χ1) is 13.7. The molecule has 2 fully saturated rings. The van der Waals surface area contributed by atoms with Gasteiger partial charge in [0.15, 0.2) is 11.2 Å². The Morgan fingerprint density at radius 3 is 2.52 bits per heavy atom. The molecule has 0 aromatic heterocycles. The van der Waals surface area contributed by atoms with E-state index in [1.807, 2.05) is 35.2 Å². The van der Waals surface area contributed by atoms with Crippen molar-refractivity contribution in [3.63, 3.8) is 0 Å². The van der Waals surface area contributed by atoms with Crippen molar-refractivity contribution in [2.24, 2.45) is 5.41 Å². The van der Waals surface area contributed by atoms with E-state index in [4.69, 9.17) is 9.47 Å². The largest absolute Gasteiger partial charge is 0.465 e. The van der Waals surface area contributed by atoms with Crippen molar-refractivity contribution in [3.05, 3.63) is 35.9 Å². The van der Waals surface area contributed by atoms with E-state index in [0.29, 0.717) is 19.5 Å². The van der Waals surface area contributed by atoms with Crippen LogP contribution in [0.2, 0.25) is 0 Å². The number of carbonyl (C=O) groups excluding carboxylic acids is 3. The fourth-order valence-electron chi connectivity index (χ4n) is 4.25. The van der Waals surface area contributed by atoms with Crippen LogP contribution in [0.1, 0.15) is 39.7 Å². The summed E-state index contributed by atoms with van der Waals surface area (Å²) in [5, 5.41) is 0. The van der Waals surface area contributed by atoms with Crippen molar-refractivity contribution in [2.75, 3.05) is 26.2 Å². The van der Waals surface area contributed by atoms with E-state index >= 15 is 0 Å². The number of rotatable bonds is 4. The Kier molecular flexibility index (Phi) is 5.98. The molecule has 3 rings (SSSR count). The maximum atomic E-state index is 13.2. The van der Waals surface area contributed by atoms with Crippen LogP contribution in [0.25, 0.3) is 0 Å². The third-order valence-corrected chi connectivity index (χ3v) is 5.49. The third kappa shape index (κ3) is 4.29. The highest BCUT2D eigenvalue weighted by molar-refractivity contribution is 6.08. The molecule has 0 aliphatic carbocycles. The third-order valence-electron chi connectivity index (χ3n) is 5.49. The summed E-state index contributed by atoms with van der Waals surface area (Å²) in [5.41, 5.74) is -0.932. The van der Waals surface area contributed by atoms with Crippen LogP contribution in [0.5, 0.6) is 0 Å². The van der Waals surface area contributed by atoms with Gasteiger partial charge in [-0.15, -0.1) is 0 Å². The molecular formula is C22H30N2O5. The van der Waals surface area contributed by atoms with Crippen molar-refractivity contribution in [1.82, 2.24) is 9.80 Å². The molecule has 0 saturated carbocycles. The molecule has 7 heteroatoms. The maximum absolute atomic E-state index is 13.2. The number of carbonyl (C=O) groups is 3. The van der Waals surface area contributed by atoms with Gasteiger partial charge < -0.3 is 14.4 Å². The van der Waals surface area contributed by atoms with Crippen LogP contribution in [0.3, 0.4) is 0 Å². The minimum Gasteiger partial charge on any atom is -0.465 e. The smallest absolute Gasteiger partial charge is 0.410 e. The predicted molar refractivity (Wildman–Crippen MR) is 107 cm³/mol. The van der Waals surface area contributed by atoms with Crippen LogP contribution in [0, 0.1) is 5.41 Å². The highest BCUT2D eigenvalue weighted by atomic mass is 16.6. The summed E-state index contributed by atoms with van der Waals surface area (Å²) < 4.78 is 10.8. The average molecular weight is 402 g/mol. The number of Topliss-reactive ketones (excluding diaryl/α,β-unsaturated/α-hetero) is 1. The Bertz CT molecular complexity index is 773. The second-order valence-corrected chi connectivity index (χ2v) is 8.71. The average Bonchev–Trinajstić information content (AvgIpc) is 2.94. The maximum Gasteiger partial charge on any atom is 0.410 e. The van der Waals surface area contributed by atoms with Gasteiger partial charge in [-0.2, -0.15) is 0 Å². The lowest BCUT2D eigenvalue weighted by molar-refractivity contribution is -0.163. The Balaban J connectivity index is 1.87. The van der Waals surface area contributed by atoms with Gasteiger partial charge in [-0.05, 0) is 39.7 Å². The highest BCUT2D eigenvalue weighted by Crippen LogP contribution is 2.42. The summed E-state index contributed by atoms with van der Waals surface area (Å²) in [6, 6.07) is 9.57. The van der Waals surface area contributed by atoms with E-state index in [0.717, 1.165) is 5.56 Å². The number of fused-ring (bicyclic) bond motifs is 1. The molecule has 1 aromatic carbocycles. The summed E-state index contributed by atoms with van der Waals surface area (Å²) >= 11 is 0. The number of piperidine rings is 1. The molecule has 0 N–H and O–H groups in total. The van der Waals surface area contributed by atoms with Gasteiger partial charge in [-0.25, -0.2) is 4.79 Å². The first-order valence-electron chi connectivity index (χ1n) is 10.1. The SMILES string of the molecule is CCOC(=O)C12CN(C(=O)OC(C)(C)C)CCC1N(Cc1ccccc1)CC2=O. The summed E-state index contributed by atoms with van der Waals surface area (Å²) in [7, 11) is 0. The summed E-state index contributed by atoms with van der Waals surface area (Å²) in [4.78, 5) is 42.3. The quantitative estimate of drug-likeness (QED) is 0.569. The Morgan fingerprint density at radius 2 is 1.90 bits per heavy atom. The molecule has 0 spiro atoms. The zero-order chi connectivity index (χ0) is 21.2. The van der Waals surface area contributed by atoms with Crippen LogP contribution >= 0.6 is 0 Å². The second-order valence-electron chi connectivity index (χ2n) is 8.71. The normalized spacial score (nSPS) is 24.9. The zero-order valence-electron chi connectivity index (χ0n) is 17.6. The van der Waals surface area contributed by atoms with Gasteiger partial charge in [0.25, 0.3) is 0 Å². The van der Waals surface area contributed by atoms with Crippen molar-refractivity contribution < 1.29 is 23.9 Å². The number of hydrogen-bond acceptors (Lipinski definition) is 6. The minimum absolute atomic E-state index is 0.00443. The first kappa shape index (κ1) is 21.3. The van der Waals surface area contributed by atoms with E-state index in [9.17, 15) is 14.4 Å². The summed E-state index contributed by atoms with van der Waals surface area (Å²) in [6.07, 6.45) is 0.00493. The van der Waals surface area contributed by atoms with Crippen molar-refractivity contribution >= 4 is 17.8 Å². The standard InChI is InChI=1S/C22H30N2O5/c1-5-28-19(26)22-15-23(20(27)29-21(2,3)4)12-11-17(22)24(14-18(22)25)13-16-9-7-6-8-10-16/h6-10,17H,5,11-15H2,1-4H3. The predicted octanol–water partition coefficient (Wildman–Crippen LogP) is 2.63. The van der Waals surface area contributed by atoms with Gasteiger partial charge in [0, 0.05) is 25.7 Å². The molecule has 2 atom stereocenters. The second kappa shape index (κ2) is 8.14. The number of benzene rings is 1. The molecule has 29 heavy (non-hydrogen) atoms. The Morgan fingerprint density at radius 1 is 1.21 bits per heavy atom. The van der Waals surface area contributed by atoms with Gasteiger partial charge in [-0.1, -0.05) is 30.3 Å². The van der Waals surface area contributed by atoms with Crippen LogP contribution in [-0.4, -0.2) is 65.5 Å². The van der Waals surface area contributed by atoms with Crippen molar-refractivity contribution in [1.29, 1.82) is 0 Å². The molecule has 1 aromatic rings. The molecule has 2 heterocycles. The number of likely N-dealkylation sites (tertiary alicyclic amines) is 2. The molecule has 158 valence electrons. The van der Waals surface area contributed by atoms with Crippen LogP contribution in [-0.2, 0) is 25.6 Å². The minimum atomic E-state index is -1.36. The lowest BCUT2D eigenvalue weighted by Gasteiger charge is -2.43. The molecule has 1 amide bonds. The number of hydrogen-bond donors (Lipinski definition) is 0. The molecular weight excluding hydrogens is 372 g/mol. The number of esters is 1. The number of ketones is 1. The highest BCUT2D eigenvalue weighted by Gasteiger charge is 2.62. The topological polar surface area (TPSA) is 76.2 Å². The van der Waals surface area contributed by atoms with Crippen molar-refractivity contribution in [2.45, 2.75) is 52.3 Å². The van der Waals surface area contributed by atoms with Gasteiger partial charge in [-0.3, -0.25) is 14.5 Å². The fraction of sp³-hybridized carbons (Fsp3) is 0.591. The summed E-state index contributed by atoms with van der Waals surface area (Å²) in [5.74, 6) is -0.732. The zero-order valence-corrected chi connectivity index (χ0v) is 17.6. The molecule has 2 saturated heterocycles. The van der Waals surface area contributed by atoms with E-state index in [1.54, 1.807) is 27.7 Å². The fourth-order valence-corrected chi connectivity index (χ4v) is 4.25. The van der Waals surface area contributed by atoms with Gasteiger partial charge in [0.05, 0.1) is 13.2 Å². The monoisotopic (exact) mass is 402 g/mol. The van der Waals surface area contributed by atoms with E-state index in [2.05, 4.69) is 0 Å². The molecule has 2 aliphatic heterocycles. The number of amides is 1. The first-order valence-corrected chi connectivity index (χ1v) is 10.1. The Hall–Kier alpha value is -2.41.